The Balaban J connectivity index is 1.31. The van der Waals surface area contributed by atoms with Crippen LogP contribution in [0.1, 0.15) is 17.2 Å². The van der Waals surface area contributed by atoms with Gasteiger partial charge in [-0.25, -0.2) is 0 Å². The standard InChI is InChI=1S/C37H23NS2/c1-2-9-22(10-3-1)36-28-19-20-29-34-24(23-17-18-26-25-11-5-7-15-31(25)39-33(26)21-23)13-8-16-32(34)40-37(29)35(28)27-12-4-6-14-30(27)38-36/h1-21,36,38H. The number of para-hydroxylation sites is 1. The molecule has 8 aromatic rings. The quantitative estimate of drug-likeness (QED) is 0.228. The molecule has 1 atom stereocenters. The molecule has 1 unspecified atom stereocenters. The van der Waals surface area contributed by atoms with Gasteiger partial charge in [-0.3, -0.25) is 0 Å². The molecule has 0 aliphatic carbocycles. The predicted octanol–water partition coefficient (Wildman–Crippen LogP) is 11.3. The largest absolute Gasteiger partial charge is 0.374 e. The second-order valence-corrected chi connectivity index (χ2v) is 12.7. The van der Waals surface area contributed by atoms with Crippen LogP contribution in [0.3, 0.4) is 0 Å². The minimum Gasteiger partial charge on any atom is -0.374 e. The topological polar surface area (TPSA) is 12.0 Å². The third-order valence-corrected chi connectivity index (χ3v) is 10.6. The van der Waals surface area contributed by atoms with Crippen LogP contribution in [0.15, 0.2) is 127 Å². The van der Waals surface area contributed by atoms with E-state index in [2.05, 4.69) is 133 Å². The van der Waals surface area contributed by atoms with E-state index in [0.29, 0.717) is 0 Å². The lowest BCUT2D eigenvalue weighted by molar-refractivity contribution is 0.933. The highest BCUT2D eigenvalue weighted by Gasteiger charge is 2.28. The summed E-state index contributed by atoms with van der Waals surface area (Å²) in [5.41, 5.74) is 9.08. The molecule has 1 aliphatic heterocycles. The molecule has 0 spiro atoms. The van der Waals surface area contributed by atoms with Gasteiger partial charge in [-0.15, -0.1) is 22.7 Å². The van der Waals surface area contributed by atoms with E-state index in [1.54, 1.807) is 0 Å². The van der Waals surface area contributed by atoms with Crippen molar-refractivity contribution in [1.82, 2.24) is 0 Å². The Morgan fingerprint density at radius 2 is 1.27 bits per heavy atom. The van der Waals surface area contributed by atoms with Gasteiger partial charge in [-0.1, -0.05) is 103 Å². The van der Waals surface area contributed by atoms with Crippen molar-refractivity contribution in [3.05, 3.63) is 139 Å². The molecule has 2 aromatic heterocycles. The van der Waals surface area contributed by atoms with Crippen LogP contribution in [0.2, 0.25) is 0 Å². The van der Waals surface area contributed by atoms with Crippen LogP contribution in [0.4, 0.5) is 5.69 Å². The van der Waals surface area contributed by atoms with Gasteiger partial charge in [0.1, 0.15) is 0 Å². The molecular formula is C37H23NS2. The molecule has 0 radical (unpaired) electrons. The molecule has 0 fully saturated rings. The van der Waals surface area contributed by atoms with Crippen molar-refractivity contribution < 1.29 is 0 Å². The zero-order valence-electron chi connectivity index (χ0n) is 21.5. The summed E-state index contributed by atoms with van der Waals surface area (Å²) in [6.07, 6.45) is 0. The van der Waals surface area contributed by atoms with Crippen LogP contribution in [0.25, 0.3) is 62.6 Å². The number of thiophene rings is 2. The van der Waals surface area contributed by atoms with Gasteiger partial charge in [-0.2, -0.15) is 0 Å². The first-order valence-corrected chi connectivity index (χ1v) is 15.3. The minimum atomic E-state index is 0.121. The van der Waals surface area contributed by atoms with E-state index in [1.807, 2.05) is 22.7 Å². The van der Waals surface area contributed by atoms with Crippen molar-refractivity contribution >= 4 is 68.7 Å². The van der Waals surface area contributed by atoms with Crippen LogP contribution in [-0.4, -0.2) is 0 Å². The third-order valence-electron chi connectivity index (χ3n) is 8.33. The summed E-state index contributed by atoms with van der Waals surface area (Å²) < 4.78 is 5.40. The maximum atomic E-state index is 3.84. The van der Waals surface area contributed by atoms with Crippen molar-refractivity contribution in [2.24, 2.45) is 0 Å². The molecule has 0 amide bonds. The summed E-state index contributed by atoms with van der Waals surface area (Å²) in [4.78, 5) is 0. The zero-order valence-corrected chi connectivity index (χ0v) is 23.2. The number of fused-ring (bicyclic) bond motifs is 10. The van der Waals surface area contributed by atoms with Crippen molar-refractivity contribution in [3.8, 4) is 22.3 Å². The molecule has 0 saturated carbocycles. The highest BCUT2D eigenvalue weighted by molar-refractivity contribution is 7.26. The average Bonchev–Trinajstić information content (AvgIpc) is 3.59. The Morgan fingerprint density at radius 3 is 2.23 bits per heavy atom. The average molecular weight is 546 g/mol. The highest BCUT2D eigenvalue weighted by atomic mass is 32.1. The fourth-order valence-electron chi connectivity index (χ4n) is 6.53. The summed E-state index contributed by atoms with van der Waals surface area (Å²) in [5, 5.41) is 9.23. The molecule has 9 rings (SSSR count). The van der Waals surface area contributed by atoms with E-state index < -0.39 is 0 Å². The molecule has 40 heavy (non-hydrogen) atoms. The van der Waals surface area contributed by atoms with Gasteiger partial charge in [0.05, 0.1) is 6.04 Å². The molecule has 3 heteroatoms. The zero-order chi connectivity index (χ0) is 26.2. The van der Waals surface area contributed by atoms with Crippen LogP contribution < -0.4 is 5.32 Å². The number of benzene rings is 6. The Kier molecular flexibility index (Phi) is 4.77. The normalized spacial score (nSPS) is 14.4. The number of hydrogen-bond acceptors (Lipinski definition) is 3. The van der Waals surface area contributed by atoms with Crippen molar-refractivity contribution in [2.75, 3.05) is 5.32 Å². The van der Waals surface area contributed by atoms with Gasteiger partial charge in [0.2, 0.25) is 0 Å². The summed E-state index contributed by atoms with van der Waals surface area (Å²) in [6, 6.07) is 47.0. The van der Waals surface area contributed by atoms with E-state index in [1.165, 1.54) is 79.4 Å². The van der Waals surface area contributed by atoms with E-state index in [0.717, 1.165) is 0 Å². The first-order valence-electron chi connectivity index (χ1n) is 13.6. The van der Waals surface area contributed by atoms with E-state index >= 15 is 0 Å². The molecule has 0 bridgehead atoms. The Morgan fingerprint density at radius 1 is 0.525 bits per heavy atom. The van der Waals surface area contributed by atoms with E-state index in [9.17, 15) is 0 Å². The SMILES string of the molecule is c1ccc(C2Nc3ccccc3-c3c2ccc2c3sc3cccc(-c4ccc5c(c4)sc4ccccc45)c32)cc1. The number of hydrogen-bond donors (Lipinski definition) is 1. The maximum Gasteiger partial charge on any atom is 0.0774 e. The first-order chi connectivity index (χ1) is 19.8. The van der Waals surface area contributed by atoms with Crippen LogP contribution in [-0.2, 0) is 0 Å². The van der Waals surface area contributed by atoms with Gasteiger partial charge in [0, 0.05) is 57.2 Å². The fraction of sp³-hybridized carbons (Fsp3) is 0.0270. The van der Waals surface area contributed by atoms with Crippen molar-refractivity contribution in [3.63, 3.8) is 0 Å². The third kappa shape index (κ3) is 3.19. The summed E-state index contributed by atoms with van der Waals surface area (Å²) in [6.45, 7) is 0. The molecule has 1 nitrogen and oxygen atoms in total. The number of nitrogens with one attached hydrogen (secondary N) is 1. The molecule has 3 heterocycles. The first kappa shape index (κ1) is 22.4. The smallest absolute Gasteiger partial charge is 0.0774 e. The summed E-state index contributed by atoms with van der Waals surface area (Å²) in [5.74, 6) is 0. The molecule has 1 N–H and O–H groups in total. The highest BCUT2D eigenvalue weighted by Crippen LogP contribution is 2.51. The molecule has 1 aliphatic rings. The van der Waals surface area contributed by atoms with Gasteiger partial charge in [-0.05, 0) is 46.5 Å². The Hall–Kier alpha value is -4.44. The molecular weight excluding hydrogens is 523 g/mol. The number of rotatable bonds is 2. The summed E-state index contributed by atoms with van der Waals surface area (Å²) in [7, 11) is 0. The predicted molar refractivity (Wildman–Crippen MR) is 175 cm³/mol. The lowest BCUT2D eigenvalue weighted by atomic mass is 9.85. The van der Waals surface area contributed by atoms with E-state index in [4.69, 9.17) is 0 Å². The van der Waals surface area contributed by atoms with E-state index in [-0.39, 0.29) is 6.04 Å². The second-order valence-electron chi connectivity index (χ2n) is 10.5. The Bertz CT molecular complexity index is 2250. The maximum absolute atomic E-state index is 3.84. The minimum absolute atomic E-state index is 0.121. The molecule has 0 saturated heterocycles. The van der Waals surface area contributed by atoms with Crippen molar-refractivity contribution in [2.45, 2.75) is 6.04 Å². The van der Waals surface area contributed by atoms with Gasteiger partial charge in [0.15, 0.2) is 0 Å². The molecule has 188 valence electrons. The lowest BCUT2D eigenvalue weighted by Gasteiger charge is -2.30. The van der Waals surface area contributed by atoms with Crippen molar-refractivity contribution in [1.29, 1.82) is 0 Å². The monoisotopic (exact) mass is 545 g/mol. The van der Waals surface area contributed by atoms with Gasteiger partial charge in [0.25, 0.3) is 0 Å². The van der Waals surface area contributed by atoms with Gasteiger partial charge < -0.3 is 5.32 Å². The van der Waals surface area contributed by atoms with Crippen LogP contribution in [0.5, 0.6) is 0 Å². The number of anilines is 1. The molecule has 6 aromatic carbocycles. The summed E-state index contributed by atoms with van der Waals surface area (Å²) >= 11 is 3.81. The van der Waals surface area contributed by atoms with Gasteiger partial charge >= 0.3 is 0 Å². The lowest BCUT2D eigenvalue weighted by Crippen LogP contribution is -2.18. The second kappa shape index (κ2) is 8.53. The van der Waals surface area contributed by atoms with Crippen LogP contribution in [0, 0.1) is 0 Å². The Labute approximate surface area is 240 Å². The van der Waals surface area contributed by atoms with Crippen LogP contribution >= 0.6 is 22.7 Å². The fourth-order valence-corrected chi connectivity index (χ4v) is 8.97.